The molecule has 1 rings (SSSR count). The quantitative estimate of drug-likeness (QED) is 0.747. The number of likely N-dealkylation sites (N-methyl/N-ethyl adjacent to an activating group) is 3. The second kappa shape index (κ2) is 5.34. The summed E-state index contributed by atoms with van der Waals surface area (Å²) >= 11 is 0. The van der Waals surface area contributed by atoms with E-state index in [2.05, 4.69) is 42.3 Å². The molecule has 1 fully saturated rings. The van der Waals surface area contributed by atoms with Crippen molar-refractivity contribution in [3.63, 3.8) is 0 Å². The van der Waals surface area contributed by atoms with Crippen LogP contribution in [0.5, 0.6) is 0 Å². The molecule has 0 aromatic heterocycles. The Balaban J connectivity index is 2.55. The predicted molar refractivity (Wildman–Crippen MR) is 70.8 cm³/mol. The standard InChI is InChI=1S/C13H26N4/c1-12(9-14,15-2)10-17(5)11-13(16(3)4)7-6-8-13/h15H,6-8,10-11H2,1-5H3. The molecule has 0 spiro atoms. The zero-order chi connectivity index (χ0) is 13.1. The average Bonchev–Trinajstić information content (AvgIpc) is 2.22. The van der Waals surface area contributed by atoms with Crippen LogP contribution in [-0.4, -0.2) is 62.2 Å². The lowest BCUT2D eigenvalue weighted by atomic mass is 9.75. The summed E-state index contributed by atoms with van der Waals surface area (Å²) in [6, 6.07) is 2.34. The lowest BCUT2D eigenvalue weighted by molar-refractivity contribution is 0.0240. The fourth-order valence-electron chi connectivity index (χ4n) is 2.60. The van der Waals surface area contributed by atoms with Gasteiger partial charge in [-0.3, -0.25) is 0 Å². The summed E-state index contributed by atoms with van der Waals surface area (Å²) in [6.07, 6.45) is 3.87. The van der Waals surface area contributed by atoms with Gasteiger partial charge in [-0.2, -0.15) is 5.26 Å². The number of nitrogens with zero attached hydrogens (tertiary/aromatic N) is 3. The van der Waals surface area contributed by atoms with Crippen LogP contribution >= 0.6 is 0 Å². The minimum absolute atomic E-state index is 0.332. The number of nitriles is 1. The van der Waals surface area contributed by atoms with Crippen molar-refractivity contribution in [2.24, 2.45) is 0 Å². The van der Waals surface area contributed by atoms with Gasteiger partial charge in [0.05, 0.1) is 6.07 Å². The van der Waals surface area contributed by atoms with Crippen LogP contribution in [0.3, 0.4) is 0 Å². The van der Waals surface area contributed by atoms with Gasteiger partial charge in [0.15, 0.2) is 0 Å². The number of hydrogen-bond donors (Lipinski definition) is 1. The SMILES string of the molecule is CNC(C)(C#N)CN(C)CC1(N(C)C)CCC1. The molecule has 4 heteroatoms. The topological polar surface area (TPSA) is 42.3 Å². The fourth-order valence-corrected chi connectivity index (χ4v) is 2.60. The Morgan fingerprint density at radius 2 is 1.94 bits per heavy atom. The van der Waals surface area contributed by atoms with Crippen molar-refractivity contribution in [2.75, 3.05) is 41.3 Å². The minimum atomic E-state index is -0.452. The normalized spacial score (nSPS) is 22.0. The van der Waals surface area contributed by atoms with E-state index >= 15 is 0 Å². The van der Waals surface area contributed by atoms with Crippen LogP contribution in [0.4, 0.5) is 0 Å². The summed E-state index contributed by atoms with van der Waals surface area (Å²) in [7, 11) is 8.28. The van der Waals surface area contributed by atoms with E-state index in [1.165, 1.54) is 19.3 Å². The van der Waals surface area contributed by atoms with E-state index in [0.29, 0.717) is 5.54 Å². The molecule has 1 aliphatic rings. The molecule has 98 valence electrons. The zero-order valence-electron chi connectivity index (χ0n) is 11.9. The van der Waals surface area contributed by atoms with Gasteiger partial charge in [0.1, 0.15) is 5.54 Å². The molecular formula is C13H26N4. The molecule has 0 heterocycles. The van der Waals surface area contributed by atoms with Gasteiger partial charge in [-0.25, -0.2) is 0 Å². The Bertz CT molecular complexity index is 290. The maximum atomic E-state index is 9.16. The van der Waals surface area contributed by atoms with Gasteiger partial charge in [0, 0.05) is 18.6 Å². The summed E-state index contributed by atoms with van der Waals surface area (Å²) in [5.74, 6) is 0. The molecule has 0 aliphatic heterocycles. The summed E-state index contributed by atoms with van der Waals surface area (Å²) in [5, 5.41) is 12.3. The third-order valence-electron chi connectivity index (χ3n) is 4.18. The molecule has 0 bridgehead atoms. The first kappa shape index (κ1) is 14.4. The van der Waals surface area contributed by atoms with Crippen LogP contribution in [0.25, 0.3) is 0 Å². The molecule has 1 saturated carbocycles. The largest absolute Gasteiger partial charge is 0.302 e. The molecule has 4 nitrogen and oxygen atoms in total. The van der Waals surface area contributed by atoms with E-state index in [0.717, 1.165) is 13.1 Å². The summed E-state index contributed by atoms with van der Waals surface area (Å²) in [4.78, 5) is 4.62. The Morgan fingerprint density at radius 1 is 1.35 bits per heavy atom. The molecule has 17 heavy (non-hydrogen) atoms. The van der Waals surface area contributed by atoms with E-state index in [4.69, 9.17) is 5.26 Å². The third kappa shape index (κ3) is 3.19. The van der Waals surface area contributed by atoms with Gasteiger partial charge < -0.3 is 15.1 Å². The molecule has 1 atom stereocenters. The summed E-state index contributed by atoms with van der Waals surface area (Å²) < 4.78 is 0. The highest BCUT2D eigenvalue weighted by atomic mass is 15.2. The summed E-state index contributed by atoms with van der Waals surface area (Å²) in [6.45, 7) is 3.75. The van der Waals surface area contributed by atoms with Gasteiger partial charge in [-0.1, -0.05) is 0 Å². The van der Waals surface area contributed by atoms with E-state index < -0.39 is 5.54 Å². The average molecular weight is 238 g/mol. The Kier molecular flexibility index (Phi) is 4.54. The van der Waals surface area contributed by atoms with Crippen molar-refractivity contribution < 1.29 is 0 Å². The smallest absolute Gasteiger partial charge is 0.116 e. The maximum Gasteiger partial charge on any atom is 0.116 e. The molecule has 0 saturated heterocycles. The van der Waals surface area contributed by atoms with E-state index in [-0.39, 0.29) is 0 Å². The van der Waals surface area contributed by atoms with E-state index in [9.17, 15) is 0 Å². The van der Waals surface area contributed by atoms with E-state index in [1.807, 2.05) is 14.0 Å². The van der Waals surface area contributed by atoms with Gasteiger partial charge in [-0.05, 0) is 54.4 Å². The van der Waals surface area contributed by atoms with Crippen molar-refractivity contribution in [1.29, 1.82) is 5.26 Å². The molecule has 0 amide bonds. The Labute approximate surface area is 106 Å². The highest BCUT2D eigenvalue weighted by Gasteiger charge is 2.40. The summed E-state index contributed by atoms with van der Waals surface area (Å²) in [5.41, 5.74) is -0.120. The monoisotopic (exact) mass is 238 g/mol. The molecule has 1 N–H and O–H groups in total. The number of nitrogens with one attached hydrogen (secondary N) is 1. The van der Waals surface area contributed by atoms with E-state index in [1.54, 1.807) is 0 Å². The molecular weight excluding hydrogens is 212 g/mol. The Morgan fingerprint density at radius 3 is 2.24 bits per heavy atom. The van der Waals surface area contributed by atoms with Gasteiger partial charge >= 0.3 is 0 Å². The Hall–Kier alpha value is -0.630. The first-order valence-corrected chi connectivity index (χ1v) is 6.34. The van der Waals surface area contributed by atoms with Crippen LogP contribution in [0.15, 0.2) is 0 Å². The van der Waals surface area contributed by atoms with Crippen LogP contribution in [-0.2, 0) is 0 Å². The third-order valence-corrected chi connectivity index (χ3v) is 4.18. The molecule has 0 aromatic carbocycles. The van der Waals surface area contributed by atoms with Crippen molar-refractivity contribution in [3.8, 4) is 6.07 Å². The lowest BCUT2D eigenvalue weighted by Gasteiger charge is -2.49. The molecule has 0 radical (unpaired) electrons. The van der Waals surface area contributed by atoms with Crippen LogP contribution in [0.1, 0.15) is 26.2 Å². The van der Waals surface area contributed by atoms with Crippen molar-refractivity contribution >= 4 is 0 Å². The van der Waals surface area contributed by atoms with Crippen molar-refractivity contribution in [1.82, 2.24) is 15.1 Å². The zero-order valence-corrected chi connectivity index (χ0v) is 11.9. The second-order valence-corrected chi connectivity index (χ2v) is 5.84. The van der Waals surface area contributed by atoms with Gasteiger partial charge in [0.2, 0.25) is 0 Å². The van der Waals surface area contributed by atoms with Crippen LogP contribution in [0.2, 0.25) is 0 Å². The van der Waals surface area contributed by atoms with Crippen LogP contribution < -0.4 is 5.32 Å². The minimum Gasteiger partial charge on any atom is -0.302 e. The fraction of sp³-hybridized carbons (Fsp3) is 0.923. The second-order valence-electron chi connectivity index (χ2n) is 5.84. The van der Waals surface area contributed by atoms with Crippen LogP contribution in [0, 0.1) is 11.3 Å². The first-order chi connectivity index (χ1) is 7.87. The molecule has 1 unspecified atom stereocenters. The highest BCUT2D eigenvalue weighted by Crippen LogP contribution is 2.36. The number of rotatable bonds is 6. The van der Waals surface area contributed by atoms with Gasteiger partial charge in [-0.15, -0.1) is 0 Å². The highest BCUT2D eigenvalue weighted by molar-refractivity contribution is 5.06. The molecule has 1 aliphatic carbocycles. The van der Waals surface area contributed by atoms with Crippen molar-refractivity contribution in [2.45, 2.75) is 37.3 Å². The molecule has 0 aromatic rings. The van der Waals surface area contributed by atoms with Gasteiger partial charge in [0.25, 0.3) is 0 Å². The number of hydrogen-bond acceptors (Lipinski definition) is 4. The first-order valence-electron chi connectivity index (χ1n) is 6.34. The van der Waals surface area contributed by atoms with Crippen molar-refractivity contribution in [3.05, 3.63) is 0 Å². The predicted octanol–water partition coefficient (Wildman–Crippen LogP) is 0.904. The maximum absolute atomic E-state index is 9.16. The lowest BCUT2D eigenvalue weighted by Crippen LogP contribution is -2.59.